The first-order valence-corrected chi connectivity index (χ1v) is 6.62. The fourth-order valence-corrected chi connectivity index (χ4v) is 3.60. The highest BCUT2D eigenvalue weighted by molar-refractivity contribution is 5.49. The Balaban J connectivity index is 2.19. The largest absolute Gasteiger partial charge is 0.481 e. The van der Waals surface area contributed by atoms with Crippen molar-refractivity contribution in [2.24, 2.45) is 5.92 Å². The number of hydrogen-bond donors (Lipinski definition) is 1. The molecule has 0 spiro atoms. The van der Waals surface area contributed by atoms with Crippen molar-refractivity contribution in [2.75, 3.05) is 13.7 Å². The van der Waals surface area contributed by atoms with E-state index in [0.29, 0.717) is 11.8 Å². The van der Waals surface area contributed by atoms with Crippen LogP contribution in [0.1, 0.15) is 24.1 Å². The van der Waals surface area contributed by atoms with E-state index in [2.05, 4.69) is 18.1 Å². The van der Waals surface area contributed by atoms with E-state index >= 15 is 0 Å². The van der Waals surface area contributed by atoms with Crippen LogP contribution in [0.5, 0.6) is 5.88 Å². The summed E-state index contributed by atoms with van der Waals surface area (Å²) in [6.07, 6.45) is 2.60. The molecular weight excluding hydrogens is 238 g/mol. The van der Waals surface area contributed by atoms with Gasteiger partial charge in [-0.2, -0.15) is 0 Å². The molecule has 19 heavy (non-hydrogen) atoms. The highest BCUT2D eigenvalue weighted by Gasteiger charge is 2.47. The lowest BCUT2D eigenvalue weighted by Gasteiger charge is -2.47. The molecule has 1 heterocycles. The summed E-state index contributed by atoms with van der Waals surface area (Å²) in [5.41, 5.74) is 4.10. The van der Waals surface area contributed by atoms with Crippen molar-refractivity contribution in [2.45, 2.75) is 24.7 Å². The minimum atomic E-state index is -0.382. The van der Waals surface area contributed by atoms with Gasteiger partial charge in [-0.05, 0) is 30.7 Å². The van der Waals surface area contributed by atoms with E-state index in [4.69, 9.17) is 4.74 Å². The summed E-state index contributed by atoms with van der Waals surface area (Å²) in [5, 5.41) is 9.99. The quantitative estimate of drug-likeness (QED) is 0.827. The number of aliphatic hydroxyl groups is 1. The molecule has 3 heteroatoms. The van der Waals surface area contributed by atoms with Crippen LogP contribution in [0.3, 0.4) is 0 Å². The first-order valence-electron chi connectivity index (χ1n) is 6.62. The SMILES string of the molecule is C=C1C[C@H]2Cc3nc(OC)ccc3[C@@](CO)(C1)C2=C. The van der Waals surface area contributed by atoms with Crippen LogP contribution in [0.2, 0.25) is 0 Å². The van der Waals surface area contributed by atoms with Crippen LogP contribution in [0.4, 0.5) is 0 Å². The third-order valence-corrected chi connectivity index (χ3v) is 4.58. The number of aromatic nitrogens is 1. The number of fused-ring (bicyclic) bond motifs is 4. The lowest BCUT2D eigenvalue weighted by molar-refractivity contribution is 0.184. The highest BCUT2D eigenvalue weighted by Crippen LogP contribution is 2.52. The summed E-state index contributed by atoms with van der Waals surface area (Å²) in [7, 11) is 1.63. The minimum Gasteiger partial charge on any atom is -0.481 e. The van der Waals surface area contributed by atoms with E-state index in [0.717, 1.165) is 36.1 Å². The summed E-state index contributed by atoms with van der Waals surface area (Å²) in [6.45, 7) is 8.46. The van der Waals surface area contributed by atoms with Gasteiger partial charge in [0.15, 0.2) is 0 Å². The standard InChI is InChI=1S/C16H19NO2/c1-10-6-12-7-14-13(4-5-15(17-14)19-3)16(8-10,9-18)11(12)2/h4-5,12,18H,1-2,6-9H2,3H3/t12-,16+/m0/s1. The van der Waals surface area contributed by atoms with Crippen LogP contribution >= 0.6 is 0 Å². The van der Waals surface area contributed by atoms with Gasteiger partial charge in [-0.3, -0.25) is 0 Å². The molecule has 1 aromatic heterocycles. The van der Waals surface area contributed by atoms with Crippen LogP contribution in [0.25, 0.3) is 0 Å². The van der Waals surface area contributed by atoms with Crippen LogP contribution in [0.15, 0.2) is 36.4 Å². The van der Waals surface area contributed by atoms with Crippen molar-refractivity contribution < 1.29 is 9.84 Å². The predicted molar refractivity (Wildman–Crippen MR) is 74.3 cm³/mol. The number of rotatable bonds is 2. The van der Waals surface area contributed by atoms with Gasteiger partial charge in [0.1, 0.15) is 0 Å². The Bertz CT molecular complexity index is 564. The molecule has 0 saturated heterocycles. The number of pyridine rings is 1. The molecule has 0 radical (unpaired) electrons. The molecule has 0 unspecified atom stereocenters. The Labute approximate surface area is 113 Å². The predicted octanol–water partition coefficient (Wildman–Crippen LogP) is 2.40. The Hall–Kier alpha value is -1.61. The van der Waals surface area contributed by atoms with E-state index in [-0.39, 0.29) is 12.0 Å². The monoisotopic (exact) mass is 257 g/mol. The maximum absolute atomic E-state index is 9.99. The molecule has 2 atom stereocenters. The fourth-order valence-electron chi connectivity index (χ4n) is 3.60. The van der Waals surface area contributed by atoms with Gasteiger partial charge >= 0.3 is 0 Å². The van der Waals surface area contributed by atoms with Crippen molar-refractivity contribution >= 4 is 0 Å². The second kappa shape index (κ2) is 4.20. The maximum Gasteiger partial charge on any atom is 0.213 e. The Morgan fingerprint density at radius 3 is 2.89 bits per heavy atom. The van der Waals surface area contributed by atoms with Crippen LogP contribution in [-0.2, 0) is 11.8 Å². The molecule has 0 aliphatic heterocycles. The third kappa shape index (κ3) is 1.65. The van der Waals surface area contributed by atoms with Gasteiger partial charge in [0, 0.05) is 17.2 Å². The Morgan fingerprint density at radius 2 is 2.21 bits per heavy atom. The first-order chi connectivity index (χ1) is 9.10. The van der Waals surface area contributed by atoms with Gasteiger partial charge in [-0.15, -0.1) is 0 Å². The Kier molecular flexibility index (Phi) is 2.75. The number of ether oxygens (including phenoxy) is 1. The summed E-state index contributed by atoms with van der Waals surface area (Å²) in [5.74, 6) is 0.983. The maximum atomic E-state index is 9.99. The van der Waals surface area contributed by atoms with Crippen LogP contribution in [-0.4, -0.2) is 23.8 Å². The zero-order chi connectivity index (χ0) is 13.6. The Morgan fingerprint density at radius 1 is 1.42 bits per heavy atom. The zero-order valence-corrected chi connectivity index (χ0v) is 11.3. The van der Waals surface area contributed by atoms with E-state index in [1.165, 1.54) is 5.57 Å². The fraction of sp³-hybridized carbons (Fsp3) is 0.438. The average molecular weight is 257 g/mol. The zero-order valence-electron chi connectivity index (χ0n) is 11.3. The van der Waals surface area contributed by atoms with E-state index in [9.17, 15) is 5.11 Å². The normalized spacial score (nSPS) is 29.1. The molecular formula is C16H19NO2. The number of hydrogen-bond acceptors (Lipinski definition) is 3. The van der Waals surface area contributed by atoms with Crippen molar-refractivity contribution in [3.63, 3.8) is 0 Å². The molecule has 2 aliphatic rings. The lowest BCUT2D eigenvalue weighted by atomic mass is 9.57. The second-order valence-electron chi connectivity index (χ2n) is 5.65. The summed E-state index contributed by atoms with van der Waals surface area (Å²) in [6, 6.07) is 3.89. The molecule has 1 saturated carbocycles. The molecule has 2 bridgehead atoms. The summed E-state index contributed by atoms with van der Waals surface area (Å²) < 4.78 is 5.20. The molecule has 3 nitrogen and oxygen atoms in total. The molecule has 1 aromatic rings. The summed E-state index contributed by atoms with van der Waals surface area (Å²) >= 11 is 0. The topological polar surface area (TPSA) is 42.4 Å². The van der Waals surface area contributed by atoms with Crippen molar-refractivity contribution in [1.29, 1.82) is 0 Å². The summed E-state index contributed by atoms with van der Waals surface area (Å²) in [4.78, 5) is 4.56. The number of nitrogens with zero attached hydrogens (tertiary/aromatic N) is 1. The molecule has 2 aliphatic carbocycles. The molecule has 1 N–H and O–H groups in total. The number of aliphatic hydroxyl groups excluding tert-OH is 1. The van der Waals surface area contributed by atoms with Crippen molar-refractivity contribution in [1.82, 2.24) is 4.98 Å². The van der Waals surface area contributed by atoms with Crippen LogP contribution < -0.4 is 4.74 Å². The minimum absolute atomic E-state index is 0.0718. The highest BCUT2D eigenvalue weighted by atomic mass is 16.5. The number of allylic oxidation sites excluding steroid dienone is 1. The lowest BCUT2D eigenvalue weighted by Crippen LogP contribution is -2.44. The van der Waals surface area contributed by atoms with E-state index in [1.807, 2.05) is 12.1 Å². The molecule has 0 amide bonds. The molecule has 100 valence electrons. The van der Waals surface area contributed by atoms with Gasteiger partial charge in [0.05, 0.1) is 13.7 Å². The molecule has 3 rings (SSSR count). The van der Waals surface area contributed by atoms with E-state index < -0.39 is 0 Å². The van der Waals surface area contributed by atoms with E-state index in [1.54, 1.807) is 7.11 Å². The van der Waals surface area contributed by atoms with Gasteiger partial charge in [-0.1, -0.05) is 30.4 Å². The first kappa shape index (κ1) is 12.4. The third-order valence-electron chi connectivity index (χ3n) is 4.58. The van der Waals surface area contributed by atoms with Crippen molar-refractivity contribution in [3.05, 3.63) is 47.7 Å². The average Bonchev–Trinajstić information content (AvgIpc) is 2.41. The smallest absolute Gasteiger partial charge is 0.213 e. The van der Waals surface area contributed by atoms with Crippen LogP contribution in [0, 0.1) is 5.92 Å². The molecule has 0 aromatic carbocycles. The second-order valence-corrected chi connectivity index (χ2v) is 5.65. The van der Waals surface area contributed by atoms with Gasteiger partial charge in [0.2, 0.25) is 5.88 Å². The van der Waals surface area contributed by atoms with Gasteiger partial charge in [0.25, 0.3) is 0 Å². The van der Waals surface area contributed by atoms with Crippen molar-refractivity contribution in [3.8, 4) is 5.88 Å². The van der Waals surface area contributed by atoms with Gasteiger partial charge in [-0.25, -0.2) is 4.98 Å². The van der Waals surface area contributed by atoms with Gasteiger partial charge < -0.3 is 9.84 Å². The number of methoxy groups -OCH3 is 1. The molecule has 1 fully saturated rings.